The molecule has 1 aliphatic heterocycles. The number of nitrogen functional groups attached to an aromatic ring is 1. The third-order valence-corrected chi connectivity index (χ3v) is 3.08. The van der Waals surface area contributed by atoms with Gasteiger partial charge < -0.3 is 15.4 Å². The summed E-state index contributed by atoms with van der Waals surface area (Å²) in [6.45, 7) is 4.19. The summed E-state index contributed by atoms with van der Waals surface area (Å²) in [5, 5.41) is 0. The van der Waals surface area contributed by atoms with Gasteiger partial charge in [-0.2, -0.15) is 0 Å². The summed E-state index contributed by atoms with van der Waals surface area (Å²) in [4.78, 5) is 24.8. The molecule has 0 spiro atoms. The van der Waals surface area contributed by atoms with E-state index < -0.39 is 5.97 Å². The molecule has 0 atom stereocenters. The Hall–Kier alpha value is -2.04. The number of rotatable bonds is 2. The highest BCUT2D eigenvalue weighted by Crippen LogP contribution is 2.34. The molecular formula is C13H16N2O3. The Labute approximate surface area is 106 Å². The van der Waals surface area contributed by atoms with Crippen molar-refractivity contribution in [3.8, 4) is 0 Å². The Morgan fingerprint density at radius 2 is 2.17 bits per heavy atom. The van der Waals surface area contributed by atoms with E-state index in [1.807, 2.05) is 0 Å². The van der Waals surface area contributed by atoms with Gasteiger partial charge >= 0.3 is 5.97 Å². The van der Waals surface area contributed by atoms with Crippen LogP contribution < -0.4 is 10.6 Å². The average Bonchev–Trinajstić information content (AvgIpc) is 2.74. The van der Waals surface area contributed by atoms with Crippen molar-refractivity contribution in [2.45, 2.75) is 20.3 Å². The van der Waals surface area contributed by atoms with Crippen molar-refractivity contribution in [2.24, 2.45) is 0 Å². The van der Waals surface area contributed by atoms with Crippen molar-refractivity contribution in [1.82, 2.24) is 0 Å². The average molecular weight is 248 g/mol. The summed E-state index contributed by atoms with van der Waals surface area (Å²) in [7, 11) is 0. The second kappa shape index (κ2) is 4.68. The molecule has 0 saturated heterocycles. The summed E-state index contributed by atoms with van der Waals surface area (Å²) >= 11 is 0. The van der Waals surface area contributed by atoms with Gasteiger partial charge in [0.25, 0.3) is 0 Å². The first-order valence-corrected chi connectivity index (χ1v) is 5.92. The van der Waals surface area contributed by atoms with Crippen molar-refractivity contribution < 1.29 is 14.3 Å². The number of nitrogens with two attached hydrogens (primary N) is 1. The van der Waals surface area contributed by atoms with Crippen LogP contribution in [0.1, 0.15) is 29.8 Å². The molecule has 0 aliphatic carbocycles. The maximum absolute atomic E-state index is 11.7. The molecule has 1 aromatic carbocycles. The number of anilines is 2. The largest absolute Gasteiger partial charge is 0.462 e. The van der Waals surface area contributed by atoms with E-state index in [-0.39, 0.29) is 5.91 Å². The predicted molar refractivity (Wildman–Crippen MR) is 68.5 cm³/mol. The summed E-state index contributed by atoms with van der Waals surface area (Å²) in [5.74, 6) is -0.434. The standard InChI is InChI=1S/C13H16N2O3/c1-3-18-13(17)10-4-5-11-9(12(10)14)6-7-15(11)8(2)16/h4-5H,3,6-7,14H2,1-2H3. The molecule has 96 valence electrons. The highest BCUT2D eigenvalue weighted by Gasteiger charge is 2.26. The monoisotopic (exact) mass is 248 g/mol. The van der Waals surface area contributed by atoms with Gasteiger partial charge in [0.1, 0.15) is 0 Å². The minimum Gasteiger partial charge on any atom is -0.462 e. The number of ether oxygens (including phenoxy) is 1. The highest BCUT2D eigenvalue weighted by molar-refractivity contribution is 6.00. The molecular weight excluding hydrogens is 232 g/mol. The molecule has 0 aromatic heterocycles. The lowest BCUT2D eigenvalue weighted by Gasteiger charge is -2.15. The molecule has 1 amide bonds. The van der Waals surface area contributed by atoms with Crippen LogP contribution in [0, 0.1) is 0 Å². The summed E-state index contributed by atoms with van der Waals surface area (Å²) in [5.41, 5.74) is 8.45. The molecule has 1 aromatic rings. The van der Waals surface area contributed by atoms with Gasteiger partial charge in [-0.15, -0.1) is 0 Å². The Morgan fingerprint density at radius 3 is 2.78 bits per heavy atom. The number of fused-ring (bicyclic) bond motifs is 1. The molecule has 1 aliphatic rings. The molecule has 0 radical (unpaired) electrons. The van der Waals surface area contributed by atoms with Crippen molar-refractivity contribution in [3.63, 3.8) is 0 Å². The van der Waals surface area contributed by atoms with E-state index in [0.717, 1.165) is 11.3 Å². The molecule has 2 N–H and O–H groups in total. The highest BCUT2D eigenvalue weighted by atomic mass is 16.5. The summed E-state index contributed by atoms with van der Waals surface area (Å²) in [6.07, 6.45) is 0.675. The van der Waals surface area contributed by atoms with Crippen LogP contribution in [-0.2, 0) is 16.0 Å². The zero-order valence-electron chi connectivity index (χ0n) is 10.5. The van der Waals surface area contributed by atoms with Crippen LogP contribution in [0.2, 0.25) is 0 Å². The third kappa shape index (κ3) is 1.92. The predicted octanol–water partition coefficient (Wildman–Crippen LogP) is 1.35. The van der Waals surface area contributed by atoms with Crippen LogP contribution in [-0.4, -0.2) is 25.0 Å². The molecule has 0 saturated carbocycles. The van der Waals surface area contributed by atoms with Gasteiger partial charge in [-0.25, -0.2) is 4.79 Å². The van der Waals surface area contributed by atoms with E-state index in [0.29, 0.717) is 30.8 Å². The fraction of sp³-hybridized carbons (Fsp3) is 0.385. The summed E-state index contributed by atoms with van der Waals surface area (Å²) < 4.78 is 4.94. The molecule has 0 unspecified atom stereocenters. The van der Waals surface area contributed by atoms with Crippen LogP contribution in [0.25, 0.3) is 0 Å². The molecule has 0 fully saturated rings. The Morgan fingerprint density at radius 1 is 1.44 bits per heavy atom. The Bertz CT molecular complexity index is 511. The first-order chi connectivity index (χ1) is 8.56. The molecule has 1 heterocycles. The topological polar surface area (TPSA) is 72.6 Å². The minimum atomic E-state index is -0.418. The fourth-order valence-corrected chi connectivity index (χ4v) is 2.23. The lowest BCUT2D eigenvalue weighted by atomic mass is 10.0. The van der Waals surface area contributed by atoms with Gasteiger partial charge in [0.05, 0.1) is 17.9 Å². The Balaban J connectivity index is 2.41. The van der Waals surface area contributed by atoms with E-state index in [1.54, 1.807) is 24.0 Å². The zero-order valence-corrected chi connectivity index (χ0v) is 10.5. The summed E-state index contributed by atoms with van der Waals surface area (Å²) in [6, 6.07) is 3.37. The van der Waals surface area contributed by atoms with Crippen LogP contribution >= 0.6 is 0 Å². The first-order valence-electron chi connectivity index (χ1n) is 5.92. The van der Waals surface area contributed by atoms with Gasteiger partial charge in [0.2, 0.25) is 5.91 Å². The quantitative estimate of drug-likeness (QED) is 0.633. The smallest absolute Gasteiger partial charge is 0.340 e. The number of hydrogen-bond donors (Lipinski definition) is 1. The fourth-order valence-electron chi connectivity index (χ4n) is 2.23. The maximum Gasteiger partial charge on any atom is 0.340 e. The van der Waals surface area contributed by atoms with Gasteiger partial charge in [-0.05, 0) is 25.5 Å². The second-order valence-corrected chi connectivity index (χ2v) is 4.17. The number of carbonyl (C=O) groups excluding carboxylic acids is 2. The van der Waals surface area contributed by atoms with E-state index in [9.17, 15) is 9.59 Å². The SMILES string of the molecule is CCOC(=O)c1ccc2c(c1N)CCN2C(C)=O. The number of nitrogens with zero attached hydrogens (tertiary/aromatic N) is 1. The van der Waals surface area contributed by atoms with Crippen molar-refractivity contribution >= 4 is 23.3 Å². The number of hydrogen-bond acceptors (Lipinski definition) is 4. The van der Waals surface area contributed by atoms with Crippen LogP contribution in [0.4, 0.5) is 11.4 Å². The van der Waals surface area contributed by atoms with Gasteiger partial charge in [0.15, 0.2) is 0 Å². The normalized spacial score (nSPS) is 13.3. The van der Waals surface area contributed by atoms with Crippen LogP contribution in [0.3, 0.4) is 0 Å². The van der Waals surface area contributed by atoms with E-state index in [1.165, 1.54) is 6.92 Å². The van der Waals surface area contributed by atoms with Gasteiger partial charge in [0, 0.05) is 24.7 Å². The van der Waals surface area contributed by atoms with Crippen LogP contribution in [0.15, 0.2) is 12.1 Å². The molecule has 5 nitrogen and oxygen atoms in total. The number of esters is 1. The molecule has 2 rings (SSSR count). The van der Waals surface area contributed by atoms with Gasteiger partial charge in [-0.3, -0.25) is 4.79 Å². The Kier molecular flexibility index (Phi) is 3.23. The second-order valence-electron chi connectivity index (χ2n) is 4.17. The van der Waals surface area contributed by atoms with Crippen molar-refractivity contribution in [2.75, 3.05) is 23.8 Å². The zero-order chi connectivity index (χ0) is 13.3. The van der Waals surface area contributed by atoms with Crippen molar-refractivity contribution in [3.05, 3.63) is 23.3 Å². The van der Waals surface area contributed by atoms with Gasteiger partial charge in [-0.1, -0.05) is 0 Å². The van der Waals surface area contributed by atoms with E-state index in [4.69, 9.17) is 10.5 Å². The first kappa shape index (κ1) is 12.4. The van der Waals surface area contributed by atoms with E-state index in [2.05, 4.69) is 0 Å². The molecule has 18 heavy (non-hydrogen) atoms. The third-order valence-electron chi connectivity index (χ3n) is 3.08. The van der Waals surface area contributed by atoms with Crippen molar-refractivity contribution in [1.29, 1.82) is 0 Å². The minimum absolute atomic E-state index is 0.0166. The lowest BCUT2D eigenvalue weighted by molar-refractivity contribution is -0.116. The number of benzene rings is 1. The maximum atomic E-state index is 11.7. The molecule has 5 heteroatoms. The number of carbonyl (C=O) groups is 2. The van der Waals surface area contributed by atoms with E-state index >= 15 is 0 Å². The lowest BCUT2D eigenvalue weighted by Crippen LogP contribution is -2.25. The molecule has 0 bridgehead atoms. The number of amides is 1. The van der Waals surface area contributed by atoms with Crippen LogP contribution in [0.5, 0.6) is 0 Å².